The molecule has 5 nitrogen and oxygen atoms in total. The molecule has 130 valence electrons. The van der Waals surface area contributed by atoms with Crippen molar-refractivity contribution in [1.29, 1.82) is 0 Å². The number of hydrogen-bond acceptors (Lipinski definition) is 4. The van der Waals surface area contributed by atoms with Crippen molar-refractivity contribution in [2.24, 2.45) is 0 Å². The van der Waals surface area contributed by atoms with Crippen molar-refractivity contribution in [1.82, 2.24) is 15.0 Å². The van der Waals surface area contributed by atoms with E-state index in [0.29, 0.717) is 27.4 Å². The minimum atomic E-state index is -0.458. The Labute approximate surface area is 158 Å². The van der Waals surface area contributed by atoms with Gasteiger partial charge in [-0.3, -0.25) is 0 Å². The van der Waals surface area contributed by atoms with Gasteiger partial charge in [0.05, 0.1) is 16.6 Å². The van der Waals surface area contributed by atoms with Crippen molar-refractivity contribution < 1.29 is 9.53 Å². The van der Waals surface area contributed by atoms with Crippen LogP contribution in [0.4, 0.5) is 0 Å². The topological polar surface area (TPSA) is 67.9 Å². The summed E-state index contributed by atoms with van der Waals surface area (Å²) in [5, 5.41) is 1.58. The molecular formula is C21H12ClN3O2. The van der Waals surface area contributed by atoms with Gasteiger partial charge in [-0.25, -0.2) is 14.8 Å². The van der Waals surface area contributed by atoms with Crippen LogP contribution in [0.3, 0.4) is 0 Å². The number of aromatic amines is 1. The Morgan fingerprint density at radius 1 is 0.926 bits per heavy atom. The molecule has 5 aromatic rings. The van der Waals surface area contributed by atoms with Gasteiger partial charge in [-0.1, -0.05) is 29.8 Å². The molecule has 0 saturated carbocycles. The number of rotatable bonds is 2. The lowest BCUT2D eigenvalue weighted by atomic mass is 10.2. The number of ether oxygens (including phenoxy) is 1. The molecule has 0 aliphatic heterocycles. The second-order valence-electron chi connectivity index (χ2n) is 6.14. The maximum atomic E-state index is 12.5. The Bertz CT molecular complexity index is 1330. The Morgan fingerprint density at radius 3 is 2.59 bits per heavy atom. The van der Waals surface area contributed by atoms with E-state index in [1.54, 1.807) is 42.5 Å². The average Bonchev–Trinajstić information content (AvgIpc) is 3.05. The number of benzene rings is 3. The molecule has 0 atom stereocenters. The van der Waals surface area contributed by atoms with Crippen LogP contribution in [0.25, 0.3) is 33.1 Å². The second-order valence-corrected chi connectivity index (χ2v) is 6.57. The van der Waals surface area contributed by atoms with Crippen LogP contribution in [0.15, 0.2) is 66.7 Å². The van der Waals surface area contributed by atoms with Crippen LogP contribution >= 0.6 is 11.6 Å². The minimum Gasteiger partial charge on any atom is -0.423 e. The lowest BCUT2D eigenvalue weighted by molar-refractivity contribution is 0.0735. The summed E-state index contributed by atoms with van der Waals surface area (Å²) >= 11 is 5.85. The zero-order valence-electron chi connectivity index (χ0n) is 13.9. The highest BCUT2D eigenvalue weighted by Gasteiger charge is 2.13. The largest absolute Gasteiger partial charge is 0.423 e. The van der Waals surface area contributed by atoms with Gasteiger partial charge in [0.15, 0.2) is 5.65 Å². The number of hydrogen-bond donors (Lipinski definition) is 1. The zero-order chi connectivity index (χ0) is 18.4. The van der Waals surface area contributed by atoms with Crippen molar-refractivity contribution in [3.63, 3.8) is 0 Å². The van der Waals surface area contributed by atoms with Gasteiger partial charge in [0, 0.05) is 15.9 Å². The number of fused-ring (bicyclic) bond motifs is 4. The second kappa shape index (κ2) is 6.07. The third kappa shape index (κ3) is 2.78. The fourth-order valence-corrected chi connectivity index (χ4v) is 3.18. The maximum absolute atomic E-state index is 12.5. The van der Waals surface area contributed by atoms with Gasteiger partial charge < -0.3 is 9.72 Å². The van der Waals surface area contributed by atoms with Crippen molar-refractivity contribution >= 4 is 50.7 Å². The summed E-state index contributed by atoms with van der Waals surface area (Å²) in [6.07, 6.45) is 0. The van der Waals surface area contributed by atoms with Gasteiger partial charge in [0.25, 0.3) is 0 Å². The van der Waals surface area contributed by atoms with Crippen LogP contribution in [0.2, 0.25) is 5.02 Å². The van der Waals surface area contributed by atoms with Crippen molar-refractivity contribution in [2.75, 3.05) is 0 Å². The van der Waals surface area contributed by atoms with Gasteiger partial charge in [0.2, 0.25) is 0 Å². The summed E-state index contributed by atoms with van der Waals surface area (Å²) in [6.45, 7) is 0. The first kappa shape index (κ1) is 15.8. The Morgan fingerprint density at radius 2 is 1.74 bits per heavy atom. The van der Waals surface area contributed by atoms with Gasteiger partial charge >= 0.3 is 5.97 Å². The molecule has 1 N–H and O–H groups in total. The Balaban J connectivity index is 1.57. The van der Waals surface area contributed by atoms with E-state index in [9.17, 15) is 4.79 Å². The number of carbonyl (C=O) groups is 1. The molecule has 6 heteroatoms. The number of H-pyrrole nitrogens is 1. The summed E-state index contributed by atoms with van der Waals surface area (Å²) in [5.41, 5.74) is 4.23. The molecule has 0 radical (unpaired) electrons. The normalized spacial score (nSPS) is 11.3. The smallest absolute Gasteiger partial charge is 0.343 e. The molecular weight excluding hydrogens is 362 g/mol. The summed E-state index contributed by atoms with van der Waals surface area (Å²) in [5.74, 6) is -0.0253. The van der Waals surface area contributed by atoms with Crippen molar-refractivity contribution in [3.8, 4) is 5.75 Å². The van der Waals surface area contributed by atoms with Gasteiger partial charge in [-0.2, -0.15) is 0 Å². The van der Waals surface area contributed by atoms with Crippen LogP contribution in [0.5, 0.6) is 5.75 Å². The standard InChI is InChI=1S/C21H12ClN3O2/c22-13-6-8-14(9-7-13)27-21(26)12-5-10-17-18(11-12)23-19-15-3-1-2-4-16(15)24-20(19)25-17/h1-11H,(H,24,25). The number of aromatic nitrogens is 3. The van der Waals surface area contributed by atoms with Crippen molar-refractivity contribution in [3.05, 3.63) is 77.3 Å². The number of carbonyl (C=O) groups excluding carboxylic acids is 1. The van der Waals surface area contributed by atoms with Crippen LogP contribution in [0.1, 0.15) is 10.4 Å². The first-order chi connectivity index (χ1) is 13.2. The highest BCUT2D eigenvalue weighted by molar-refractivity contribution is 6.30. The molecule has 0 bridgehead atoms. The van der Waals surface area contributed by atoms with Gasteiger partial charge in [0.1, 0.15) is 11.3 Å². The Hall–Kier alpha value is -3.44. The highest BCUT2D eigenvalue weighted by Crippen LogP contribution is 2.25. The molecule has 0 fully saturated rings. The molecule has 0 aliphatic carbocycles. The van der Waals surface area contributed by atoms with Crippen LogP contribution < -0.4 is 4.74 Å². The molecule has 3 aromatic carbocycles. The molecule has 5 rings (SSSR count). The molecule has 2 heterocycles. The van der Waals surface area contributed by atoms with E-state index in [-0.39, 0.29) is 0 Å². The number of esters is 1. The predicted octanol–water partition coefficient (Wildman–Crippen LogP) is 5.14. The monoisotopic (exact) mass is 373 g/mol. The van der Waals surface area contributed by atoms with Crippen LogP contribution in [0, 0.1) is 0 Å². The fraction of sp³-hybridized carbons (Fsp3) is 0. The summed E-state index contributed by atoms with van der Waals surface area (Å²) < 4.78 is 5.40. The maximum Gasteiger partial charge on any atom is 0.343 e. The fourth-order valence-electron chi connectivity index (χ4n) is 3.05. The van der Waals surface area contributed by atoms with Gasteiger partial charge in [-0.15, -0.1) is 0 Å². The third-order valence-corrected chi connectivity index (χ3v) is 4.61. The van der Waals surface area contributed by atoms with Crippen molar-refractivity contribution in [2.45, 2.75) is 0 Å². The van der Waals surface area contributed by atoms with E-state index in [4.69, 9.17) is 21.3 Å². The quantitative estimate of drug-likeness (QED) is 0.344. The third-order valence-electron chi connectivity index (χ3n) is 4.36. The average molecular weight is 374 g/mol. The van der Waals surface area contributed by atoms with Crippen LogP contribution in [-0.4, -0.2) is 20.9 Å². The molecule has 27 heavy (non-hydrogen) atoms. The number of nitrogens with zero attached hydrogens (tertiary/aromatic N) is 2. The molecule has 0 saturated heterocycles. The lowest BCUT2D eigenvalue weighted by Crippen LogP contribution is -2.08. The van der Waals surface area contributed by atoms with E-state index in [1.165, 1.54) is 0 Å². The highest BCUT2D eigenvalue weighted by atomic mass is 35.5. The zero-order valence-corrected chi connectivity index (χ0v) is 14.7. The molecule has 0 spiro atoms. The Kier molecular flexibility index (Phi) is 3.55. The number of para-hydroxylation sites is 1. The summed E-state index contributed by atoms with van der Waals surface area (Å²) in [6, 6.07) is 19.7. The molecule has 0 aliphatic rings. The molecule has 0 unspecified atom stereocenters. The molecule has 2 aromatic heterocycles. The molecule has 0 amide bonds. The van der Waals surface area contributed by atoms with E-state index in [2.05, 4.69) is 9.97 Å². The van der Waals surface area contributed by atoms with Crippen LogP contribution in [-0.2, 0) is 0 Å². The SMILES string of the molecule is O=C(Oc1ccc(Cl)cc1)c1ccc2nc3[nH]c4ccccc4c3nc2c1. The first-order valence-electron chi connectivity index (χ1n) is 8.33. The van der Waals surface area contributed by atoms with Gasteiger partial charge in [-0.05, 0) is 48.5 Å². The van der Waals surface area contributed by atoms with E-state index >= 15 is 0 Å². The predicted molar refractivity (Wildman–Crippen MR) is 105 cm³/mol. The summed E-state index contributed by atoms with van der Waals surface area (Å²) in [4.78, 5) is 25.1. The van der Waals surface area contributed by atoms with E-state index in [0.717, 1.165) is 22.1 Å². The number of halogens is 1. The van der Waals surface area contributed by atoms with E-state index < -0.39 is 5.97 Å². The lowest BCUT2D eigenvalue weighted by Gasteiger charge is -2.05. The van der Waals surface area contributed by atoms with E-state index in [1.807, 2.05) is 24.3 Å². The minimum absolute atomic E-state index is 0.408. The summed E-state index contributed by atoms with van der Waals surface area (Å²) in [7, 11) is 0. The first-order valence-corrected chi connectivity index (χ1v) is 8.71. The number of nitrogens with one attached hydrogen (secondary N) is 1.